The maximum atomic E-state index is 12.8. The van der Waals surface area contributed by atoms with Crippen molar-refractivity contribution in [3.63, 3.8) is 0 Å². The Kier molecular flexibility index (Phi) is 17.5. The Hall–Kier alpha value is -1.93. The molecule has 8 heteroatoms. The quantitative estimate of drug-likeness (QED) is 0.0808. The van der Waals surface area contributed by atoms with Gasteiger partial charge in [0.1, 0.15) is 12.2 Å². The topological polar surface area (TPSA) is 103 Å². The molecule has 1 aliphatic heterocycles. The Labute approximate surface area is 261 Å². The molecule has 1 saturated carbocycles. The summed E-state index contributed by atoms with van der Waals surface area (Å²) in [7, 11) is 0. The van der Waals surface area contributed by atoms with Crippen molar-refractivity contribution in [2.45, 2.75) is 174 Å². The van der Waals surface area contributed by atoms with Gasteiger partial charge in [0, 0.05) is 18.4 Å². The summed E-state index contributed by atoms with van der Waals surface area (Å²) >= 11 is 0. The lowest BCUT2D eigenvalue weighted by atomic mass is 9.85. The fourth-order valence-electron chi connectivity index (χ4n) is 5.80. The number of esters is 1. The van der Waals surface area contributed by atoms with Crippen molar-refractivity contribution >= 4 is 17.8 Å². The molecule has 1 aliphatic carbocycles. The van der Waals surface area contributed by atoms with Crippen LogP contribution < -0.4 is 10.6 Å². The highest BCUT2D eigenvalue weighted by Gasteiger charge is 2.45. The van der Waals surface area contributed by atoms with E-state index >= 15 is 0 Å². The average molecular weight is 607 g/mol. The lowest BCUT2D eigenvalue weighted by molar-refractivity contribution is -0.304. The first-order valence-electron chi connectivity index (χ1n) is 17.3. The minimum absolute atomic E-state index is 0.0415. The summed E-state index contributed by atoms with van der Waals surface area (Å²) in [5, 5.41) is 5.91. The molecule has 3 atom stereocenters. The number of nitrogens with one attached hydrogen (secondary N) is 2. The molecule has 2 rings (SSSR count). The van der Waals surface area contributed by atoms with Gasteiger partial charge < -0.3 is 24.8 Å². The van der Waals surface area contributed by atoms with Crippen LogP contribution in [0.3, 0.4) is 0 Å². The van der Waals surface area contributed by atoms with Crippen LogP contribution in [0.4, 0.5) is 0 Å². The highest BCUT2D eigenvalue weighted by Crippen LogP contribution is 2.34. The second-order valence-electron chi connectivity index (χ2n) is 13.7. The minimum Gasteiger partial charge on any atom is -0.460 e. The molecule has 1 unspecified atom stereocenters. The van der Waals surface area contributed by atoms with Crippen LogP contribution in [0.5, 0.6) is 0 Å². The third kappa shape index (κ3) is 15.6. The molecule has 0 aromatic carbocycles. The van der Waals surface area contributed by atoms with Gasteiger partial charge in [0.15, 0.2) is 5.79 Å². The number of rotatable bonds is 21. The molecule has 0 bridgehead atoms. The van der Waals surface area contributed by atoms with Gasteiger partial charge in [-0.15, -0.1) is 0 Å². The molecule has 2 N–H and O–H groups in total. The van der Waals surface area contributed by atoms with Gasteiger partial charge in [0.2, 0.25) is 11.8 Å². The van der Waals surface area contributed by atoms with E-state index in [0.29, 0.717) is 13.0 Å². The van der Waals surface area contributed by atoms with E-state index in [-0.39, 0.29) is 42.9 Å². The third-order valence-electron chi connectivity index (χ3n) is 8.52. The number of carbonyl (C=O) groups is 3. The van der Waals surface area contributed by atoms with Gasteiger partial charge in [0.05, 0.1) is 19.1 Å². The zero-order valence-corrected chi connectivity index (χ0v) is 28.0. The normalized spacial score (nSPS) is 22.9. The largest absolute Gasteiger partial charge is 0.460 e. The van der Waals surface area contributed by atoms with Crippen molar-refractivity contribution in [3.05, 3.63) is 12.2 Å². The highest BCUT2D eigenvalue weighted by atomic mass is 16.7. The van der Waals surface area contributed by atoms with Crippen LogP contribution in [-0.4, -0.2) is 55.0 Å². The van der Waals surface area contributed by atoms with Crippen LogP contribution >= 0.6 is 0 Å². The molecule has 1 heterocycles. The van der Waals surface area contributed by atoms with E-state index < -0.39 is 17.3 Å². The van der Waals surface area contributed by atoms with E-state index in [1.54, 1.807) is 13.8 Å². The molecule has 0 spiro atoms. The van der Waals surface area contributed by atoms with E-state index in [4.69, 9.17) is 14.2 Å². The number of amides is 2. The van der Waals surface area contributed by atoms with Gasteiger partial charge in [-0.25, -0.2) is 0 Å². The maximum Gasteiger partial charge on any atom is 0.307 e. The van der Waals surface area contributed by atoms with Gasteiger partial charge in [-0.1, -0.05) is 84.3 Å². The second-order valence-corrected chi connectivity index (χ2v) is 13.7. The van der Waals surface area contributed by atoms with Gasteiger partial charge in [-0.05, 0) is 65.2 Å². The van der Waals surface area contributed by atoms with E-state index in [9.17, 15) is 14.4 Å². The smallest absolute Gasteiger partial charge is 0.307 e. The van der Waals surface area contributed by atoms with E-state index in [2.05, 4.69) is 29.7 Å². The number of hydrogen-bond donors (Lipinski definition) is 2. The number of hydrogen-bond acceptors (Lipinski definition) is 6. The lowest BCUT2D eigenvalue weighted by Crippen LogP contribution is -2.56. The van der Waals surface area contributed by atoms with E-state index in [1.165, 1.54) is 57.8 Å². The molecule has 0 radical (unpaired) electrons. The highest BCUT2D eigenvalue weighted by molar-refractivity contribution is 5.82. The summed E-state index contributed by atoms with van der Waals surface area (Å²) in [6.07, 6.45) is 22.8. The van der Waals surface area contributed by atoms with E-state index in [0.717, 1.165) is 44.9 Å². The number of allylic oxidation sites excluding steroid dienone is 2. The number of unbranched alkanes of at least 4 members (excludes halogenated alkanes) is 11. The monoisotopic (exact) mass is 606 g/mol. The molecule has 2 amide bonds. The van der Waals surface area contributed by atoms with Gasteiger partial charge in [0.25, 0.3) is 0 Å². The van der Waals surface area contributed by atoms with Crippen LogP contribution in [0.25, 0.3) is 0 Å². The molecule has 0 aromatic rings. The predicted octanol–water partition coefficient (Wildman–Crippen LogP) is 7.29. The molecule has 2 fully saturated rings. The summed E-state index contributed by atoms with van der Waals surface area (Å²) < 4.78 is 17.2. The first-order valence-corrected chi connectivity index (χ1v) is 17.3. The van der Waals surface area contributed by atoms with Crippen LogP contribution in [0.2, 0.25) is 0 Å². The Morgan fingerprint density at radius 1 is 0.837 bits per heavy atom. The molecule has 2 aliphatic rings. The zero-order valence-electron chi connectivity index (χ0n) is 28.0. The maximum absolute atomic E-state index is 12.8. The number of ether oxygens (including phenoxy) is 3. The molecule has 1 saturated heterocycles. The summed E-state index contributed by atoms with van der Waals surface area (Å²) in [5.41, 5.74) is -0.473. The summed E-state index contributed by atoms with van der Waals surface area (Å²) in [5.74, 6) is -1.41. The van der Waals surface area contributed by atoms with Crippen molar-refractivity contribution in [1.82, 2.24) is 10.6 Å². The Morgan fingerprint density at radius 3 is 2.14 bits per heavy atom. The van der Waals surface area contributed by atoms with Crippen molar-refractivity contribution in [2.24, 2.45) is 5.41 Å². The van der Waals surface area contributed by atoms with Crippen molar-refractivity contribution in [2.75, 3.05) is 13.2 Å². The molecular weight excluding hydrogens is 544 g/mol. The third-order valence-corrected chi connectivity index (χ3v) is 8.52. The number of carbonyl (C=O) groups excluding carboxylic acids is 3. The lowest BCUT2D eigenvalue weighted by Gasteiger charge is -2.44. The zero-order chi connectivity index (χ0) is 31.6. The molecule has 0 aromatic heterocycles. The van der Waals surface area contributed by atoms with Crippen LogP contribution in [0, 0.1) is 5.41 Å². The van der Waals surface area contributed by atoms with Crippen LogP contribution in [-0.2, 0) is 28.6 Å². The van der Waals surface area contributed by atoms with Crippen LogP contribution in [0.15, 0.2) is 12.2 Å². The van der Waals surface area contributed by atoms with Crippen molar-refractivity contribution in [1.29, 1.82) is 0 Å². The summed E-state index contributed by atoms with van der Waals surface area (Å²) in [6, 6.07) is -0.132. The molecule has 8 nitrogen and oxygen atoms in total. The molecule has 248 valence electrons. The van der Waals surface area contributed by atoms with Gasteiger partial charge in [-0.2, -0.15) is 0 Å². The van der Waals surface area contributed by atoms with E-state index in [1.807, 2.05) is 13.8 Å². The van der Waals surface area contributed by atoms with Crippen molar-refractivity contribution < 1.29 is 28.6 Å². The second kappa shape index (κ2) is 20.2. The first-order chi connectivity index (χ1) is 20.5. The molecular formula is C35H62N2O6. The summed E-state index contributed by atoms with van der Waals surface area (Å²) in [4.78, 5) is 37.8. The first kappa shape index (κ1) is 37.3. The van der Waals surface area contributed by atoms with Gasteiger partial charge >= 0.3 is 5.97 Å². The Balaban J connectivity index is 1.51. The standard InChI is InChI=1S/C35H62N2O6/c1-6-7-8-9-10-11-12-13-14-15-16-17-18-19-20-24-30(38)37-28-22-21-23-29(28)42-31(39)25-26-36-33(40)32-34(2,3)27-41-35(4,5)43-32/h13-14,28-29,32H,6-12,15-27H2,1-5H3,(H,36,40)(H,37,38)/b14-13-/t28-,29-,32?/m1/s1. The minimum atomic E-state index is -0.831. The summed E-state index contributed by atoms with van der Waals surface area (Å²) in [6.45, 7) is 10.3. The average Bonchev–Trinajstić information content (AvgIpc) is 3.38. The molecule has 43 heavy (non-hydrogen) atoms. The Bertz CT molecular complexity index is 855. The fourth-order valence-corrected chi connectivity index (χ4v) is 5.80. The Morgan fingerprint density at radius 2 is 1.47 bits per heavy atom. The van der Waals surface area contributed by atoms with Gasteiger partial charge in [-0.3, -0.25) is 14.4 Å². The predicted molar refractivity (Wildman–Crippen MR) is 171 cm³/mol. The fraction of sp³-hybridized carbons (Fsp3) is 0.857. The van der Waals surface area contributed by atoms with Crippen LogP contribution in [0.1, 0.15) is 150 Å². The van der Waals surface area contributed by atoms with Crippen molar-refractivity contribution in [3.8, 4) is 0 Å². The SMILES string of the molecule is CCCCCCCC/C=C\CCCCCCCC(=O)N[C@@H]1CCC[C@H]1OC(=O)CCNC(=O)C1OC(C)(C)OCC1(C)C.